The quantitative estimate of drug-likeness (QED) is 0.746. The van der Waals surface area contributed by atoms with Crippen molar-refractivity contribution in [2.45, 2.75) is 32.7 Å². The molecule has 1 aliphatic heterocycles. The largest absolute Gasteiger partial charge is 0.399 e. The standard InChI is InChI=1S/C14H21N3O/c1-9-4-3-5-17(10(9)2)14(18)11-6-12(15)8-13(16)7-11/h6-10H,3-5,15-16H2,1-2H3. The third-order valence-electron chi connectivity index (χ3n) is 3.86. The molecule has 0 aromatic heterocycles. The van der Waals surface area contributed by atoms with Crippen molar-refractivity contribution in [3.05, 3.63) is 23.8 Å². The van der Waals surface area contributed by atoms with Gasteiger partial charge in [0.15, 0.2) is 0 Å². The van der Waals surface area contributed by atoms with E-state index in [1.165, 1.54) is 6.42 Å². The molecule has 0 radical (unpaired) electrons. The Morgan fingerprint density at radius 1 is 1.22 bits per heavy atom. The van der Waals surface area contributed by atoms with Crippen LogP contribution in [0.15, 0.2) is 18.2 Å². The van der Waals surface area contributed by atoms with Crippen molar-refractivity contribution in [1.29, 1.82) is 0 Å². The van der Waals surface area contributed by atoms with Gasteiger partial charge >= 0.3 is 0 Å². The number of nitrogens with zero attached hydrogens (tertiary/aromatic N) is 1. The van der Waals surface area contributed by atoms with Gasteiger partial charge in [-0.3, -0.25) is 4.79 Å². The van der Waals surface area contributed by atoms with Crippen LogP contribution in [0.2, 0.25) is 0 Å². The zero-order chi connectivity index (χ0) is 13.3. The summed E-state index contributed by atoms with van der Waals surface area (Å²) in [5, 5.41) is 0. The first kappa shape index (κ1) is 12.7. The van der Waals surface area contributed by atoms with Gasteiger partial charge in [0.05, 0.1) is 0 Å². The highest BCUT2D eigenvalue weighted by Crippen LogP contribution is 2.25. The zero-order valence-corrected chi connectivity index (χ0v) is 11.0. The number of piperidine rings is 1. The number of hydrogen-bond acceptors (Lipinski definition) is 3. The van der Waals surface area contributed by atoms with Gasteiger partial charge in [0.2, 0.25) is 0 Å². The van der Waals surface area contributed by atoms with Crippen molar-refractivity contribution in [3.63, 3.8) is 0 Å². The van der Waals surface area contributed by atoms with Crippen LogP contribution in [0.4, 0.5) is 11.4 Å². The fraction of sp³-hybridized carbons (Fsp3) is 0.500. The number of amides is 1. The van der Waals surface area contributed by atoms with Crippen LogP contribution >= 0.6 is 0 Å². The molecule has 1 aromatic carbocycles. The van der Waals surface area contributed by atoms with E-state index < -0.39 is 0 Å². The average Bonchev–Trinajstić information content (AvgIpc) is 2.30. The molecule has 0 spiro atoms. The molecule has 2 rings (SSSR count). The molecule has 4 nitrogen and oxygen atoms in total. The summed E-state index contributed by atoms with van der Waals surface area (Å²) in [4.78, 5) is 14.4. The highest BCUT2D eigenvalue weighted by molar-refractivity contribution is 5.96. The molecule has 1 aliphatic rings. The topological polar surface area (TPSA) is 72.3 Å². The van der Waals surface area contributed by atoms with E-state index in [0.29, 0.717) is 22.9 Å². The highest BCUT2D eigenvalue weighted by atomic mass is 16.2. The van der Waals surface area contributed by atoms with Gasteiger partial charge in [-0.05, 0) is 43.9 Å². The Balaban J connectivity index is 2.24. The van der Waals surface area contributed by atoms with Crippen LogP contribution in [0.1, 0.15) is 37.0 Å². The number of carbonyl (C=O) groups excluding carboxylic acids is 1. The van der Waals surface area contributed by atoms with Crippen molar-refractivity contribution in [2.24, 2.45) is 5.92 Å². The first-order valence-electron chi connectivity index (χ1n) is 6.46. The molecular formula is C14H21N3O. The molecule has 18 heavy (non-hydrogen) atoms. The Labute approximate surface area is 108 Å². The summed E-state index contributed by atoms with van der Waals surface area (Å²) >= 11 is 0. The van der Waals surface area contributed by atoms with Crippen LogP contribution in [0, 0.1) is 5.92 Å². The molecule has 1 fully saturated rings. The number of likely N-dealkylation sites (tertiary alicyclic amines) is 1. The van der Waals surface area contributed by atoms with E-state index in [2.05, 4.69) is 13.8 Å². The Morgan fingerprint density at radius 2 is 1.83 bits per heavy atom. The molecule has 98 valence electrons. The molecule has 4 heteroatoms. The van der Waals surface area contributed by atoms with Gasteiger partial charge in [0.25, 0.3) is 5.91 Å². The van der Waals surface area contributed by atoms with Crippen LogP contribution in [0.3, 0.4) is 0 Å². The predicted molar refractivity (Wildman–Crippen MR) is 74.2 cm³/mol. The summed E-state index contributed by atoms with van der Waals surface area (Å²) in [6.07, 6.45) is 2.25. The number of nitrogen functional groups attached to an aromatic ring is 2. The Hall–Kier alpha value is -1.71. The maximum atomic E-state index is 12.5. The van der Waals surface area contributed by atoms with Crippen LogP contribution < -0.4 is 11.5 Å². The number of hydrogen-bond donors (Lipinski definition) is 2. The third kappa shape index (κ3) is 2.42. The fourth-order valence-electron chi connectivity index (χ4n) is 2.59. The van der Waals surface area contributed by atoms with E-state index in [0.717, 1.165) is 13.0 Å². The second kappa shape index (κ2) is 4.88. The number of carbonyl (C=O) groups is 1. The second-order valence-corrected chi connectivity index (χ2v) is 5.25. The Kier molecular flexibility index (Phi) is 3.45. The summed E-state index contributed by atoms with van der Waals surface area (Å²) in [5.41, 5.74) is 13.1. The lowest BCUT2D eigenvalue weighted by Gasteiger charge is -2.38. The minimum Gasteiger partial charge on any atom is -0.399 e. The summed E-state index contributed by atoms with van der Waals surface area (Å²) in [6.45, 7) is 5.12. The average molecular weight is 247 g/mol. The van der Waals surface area contributed by atoms with Crippen LogP contribution in [-0.2, 0) is 0 Å². The molecule has 2 unspecified atom stereocenters. The molecule has 1 heterocycles. The number of nitrogens with two attached hydrogens (primary N) is 2. The van der Waals surface area contributed by atoms with Gasteiger partial charge in [-0.1, -0.05) is 6.92 Å². The highest BCUT2D eigenvalue weighted by Gasteiger charge is 2.29. The molecule has 1 saturated heterocycles. The van der Waals surface area contributed by atoms with Crippen LogP contribution in [0.5, 0.6) is 0 Å². The van der Waals surface area contributed by atoms with Gasteiger partial charge in [0.1, 0.15) is 0 Å². The normalized spacial score (nSPS) is 24.0. The summed E-state index contributed by atoms with van der Waals surface area (Å²) in [5.74, 6) is 0.578. The molecule has 1 amide bonds. The van der Waals surface area contributed by atoms with Crippen molar-refractivity contribution in [1.82, 2.24) is 4.90 Å². The monoisotopic (exact) mass is 247 g/mol. The number of anilines is 2. The van der Waals surface area contributed by atoms with Crippen LogP contribution in [-0.4, -0.2) is 23.4 Å². The molecule has 4 N–H and O–H groups in total. The molecule has 2 atom stereocenters. The van der Waals surface area contributed by atoms with E-state index in [-0.39, 0.29) is 11.9 Å². The minimum atomic E-state index is 0.0352. The lowest BCUT2D eigenvalue weighted by atomic mass is 9.91. The first-order chi connectivity index (χ1) is 8.49. The van der Waals surface area contributed by atoms with E-state index >= 15 is 0 Å². The lowest BCUT2D eigenvalue weighted by Crippen LogP contribution is -2.46. The Morgan fingerprint density at radius 3 is 2.44 bits per heavy atom. The molecule has 0 aliphatic carbocycles. The fourth-order valence-corrected chi connectivity index (χ4v) is 2.59. The van der Waals surface area contributed by atoms with Gasteiger partial charge in [-0.15, -0.1) is 0 Å². The van der Waals surface area contributed by atoms with E-state index in [9.17, 15) is 4.79 Å². The molecular weight excluding hydrogens is 226 g/mol. The van der Waals surface area contributed by atoms with Gasteiger partial charge in [-0.25, -0.2) is 0 Å². The summed E-state index contributed by atoms with van der Waals surface area (Å²) < 4.78 is 0. The SMILES string of the molecule is CC1CCCN(C(=O)c2cc(N)cc(N)c2)C1C. The van der Waals surface area contributed by atoms with E-state index in [1.807, 2.05) is 4.90 Å². The summed E-state index contributed by atoms with van der Waals surface area (Å²) in [6, 6.07) is 5.34. The maximum Gasteiger partial charge on any atom is 0.254 e. The maximum absolute atomic E-state index is 12.5. The molecule has 1 aromatic rings. The van der Waals surface area contributed by atoms with Crippen molar-refractivity contribution in [2.75, 3.05) is 18.0 Å². The predicted octanol–water partition coefficient (Wildman–Crippen LogP) is 2.11. The van der Waals surface area contributed by atoms with Crippen LogP contribution in [0.25, 0.3) is 0 Å². The minimum absolute atomic E-state index is 0.0352. The Bertz CT molecular complexity index is 438. The van der Waals surface area contributed by atoms with Gasteiger partial charge in [0, 0.05) is 29.5 Å². The van der Waals surface area contributed by atoms with Gasteiger partial charge < -0.3 is 16.4 Å². The van der Waals surface area contributed by atoms with Gasteiger partial charge in [-0.2, -0.15) is 0 Å². The van der Waals surface area contributed by atoms with Crippen molar-refractivity contribution in [3.8, 4) is 0 Å². The van der Waals surface area contributed by atoms with Crippen molar-refractivity contribution < 1.29 is 4.79 Å². The smallest absolute Gasteiger partial charge is 0.254 e. The van der Waals surface area contributed by atoms with E-state index in [1.54, 1.807) is 18.2 Å². The summed E-state index contributed by atoms with van der Waals surface area (Å²) in [7, 11) is 0. The third-order valence-corrected chi connectivity index (χ3v) is 3.86. The molecule has 0 saturated carbocycles. The second-order valence-electron chi connectivity index (χ2n) is 5.25. The number of benzene rings is 1. The lowest BCUT2D eigenvalue weighted by molar-refractivity contribution is 0.0551. The number of rotatable bonds is 1. The molecule has 0 bridgehead atoms. The zero-order valence-electron chi connectivity index (χ0n) is 11.0. The van der Waals surface area contributed by atoms with Crippen molar-refractivity contribution >= 4 is 17.3 Å². The first-order valence-corrected chi connectivity index (χ1v) is 6.46. The van der Waals surface area contributed by atoms with E-state index in [4.69, 9.17) is 11.5 Å².